The highest BCUT2D eigenvalue weighted by Crippen LogP contribution is 2.50. The van der Waals surface area contributed by atoms with Crippen LogP contribution in [-0.2, 0) is 13.6 Å². The summed E-state index contributed by atoms with van der Waals surface area (Å²) in [6, 6.07) is 7.57. The molecule has 1 unspecified atom stereocenters. The number of likely N-dealkylation sites (N-methyl/N-ethyl adjacent to an activating group) is 1. The standard InChI is InChI=1S/C13H18BrClNO3P/c1-16(2)13(20(17,18-3)19-4)9-12(15)10-5-7-11(14)8-6-10/h5-9,13H,1-4H3/p+1. The molecule has 0 aromatic heterocycles. The van der Waals surface area contributed by atoms with Crippen molar-refractivity contribution in [2.75, 3.05) is 28.3 Å². The van der Waals surface area contributed by atoms with Crippen LogP contribution in [0.25, 0.3) is 5.03 Å². The van der Waals surface area contributed by atoms with Gasteiger partial charge in [-0.2, -0.15) is 0 Å². The normalized spacial score (nSPS) is 14.7. The lowest BCUT2D eigenvalue weighted by atomic mass is 10.2. The smallest absolute Gasteiger partial charge is 0.324 e. The molecule has 0 bridgehead atoms. The molecular formula is C13H19BrClNO3P+. The van der Waals surface area contributed by atoms with E-state index in [9.17, 15) is 4.57 Å². The Kier molecular flexibility index (Phi) is 6.92. The van der Waals surface area contributed by atoms with Crippen LogP contribution in [0, 0.1) is 0 Å². The van der Waals surface area contributed by atoms with E-state index in [4.69, 9.17) is 20.6 Å². The van der Waals surface area contributed by atoms with Crippen molar-refractivity contribution in [3.8, 4) is 0 Å². The molecule has 0 radical (unpaired) electrons. The molecule has 20 heavy (non-hydrogen) atoms. The second kappa shape index (κ2) is 7.74. The Labute approximate surface area is 133 Å². The summed E-state index contributed by atoms with van der Waals surface area (Å²) < 4.78 is 23.6. The van der Waals surface area contributed by atoms with Gasteiger partial charge in [0.2, 0.25) is 5.78 Å². The molecule has 0 spiro atoms. The molecular weight excluding hydrogens is 364 g/mol. The van der Waals surface area contributed by atoms with E-state index in [1.54, 1.807) is 6.08 Å². The first kappa shape index (κ1) is 17.9. The molecule has 0 aliphatic heterocycles. The molecule has 0 aliphatic rings. The van der Waals surface area contributed by atoms with Crippen LogP contribution in [0.15, 0.2) is 34.8 Å². The lowest BCUT2D eigenvalue weighted by Gasteiger charge is -2.24. The van der Waals surface area contributed by atoms with E-state index in [-0.39, 0.29) is 0 Å². The molecule has 0 saturated heterocycles. The monoisotopic (exact) mass is 382 g/mol. The van der Waals surface area contributed by atoms with Gasteiger partial charge in [0.1, 0.15) is 0 Å². The first-order valence-electron chi connectivity index (χ1n) is 5.98. The van der Waals surface area contributed by atoms with Crippen LogP contribution in [0.1, 0.15) is 5.56 Å². The largest absolute Gasteiger partial charge is 0.391 e. The summed E-state index contributed by atoms with van der Waals surface area (Å²) in [6.45, 7) is 0. The van der Waals surface area contributed by atoms with Crippen LogP contribution in [0.5, 0.6) is 0 Å². The van der Waals surface area contributed by atoms with Crippen LogP contribution in [0.3, 0.4) is 0 Å². The molecule has 0 aliphatic carbocycles. The Morgan fingerprint density at radius 1 is 1.30 bits per heavy atom. The van der Waals surface area contributed by atoms with Crippen molar-refractivity contribution in [2.24, 2.45) is 0 Å². The van der Waals surface area contributed by atoms with Gasteiger partial charge < -0.3 is 13.9 Å². The third-order valence-electron chi connectivity index (χ3n) is 2.87. The molecule has 0 saturated carbocycles. The minimum absolute atomic E-state index is 0.478. The van der Waals surface area contributed by atoms with Crippen LogP contribution in [-0.4, -0.2) is 34.1 Å². The fourth-order valence-electron chi connectivity index (χ4n) is 1.72. The average molecular weight is 384 g/mol. The van der Waals surface area contributed by atoms with Crippen molar-refractivity contribution >= 4 is 40.2 Å². The van der Waals surface area contributed by atoms with Gasteiger partial charge in [0.15, 0.2) is 0 Å². The third kappa shape index (κ3) is 4.42. The van der Waals surface area contributed by atoms with Gasteiger partial charge in [0.05, 0.1) is 19.1 Å². The highest BCUT2D eigenvalue weighted by molar-refractivity contribution is 9.10. The number of nitrogens with one attached hydrogen (secondary N) is 1. The zero-order chi connectivity index (χ0) is 15.3. The lowest BCUT2D eigenvalue weighted by molar-refractivity contribution is -0.865. The Balaban J connectivity index is 3.14. The summed E-state index contributed by atoms with van der Waals surface area (Å²) in [5.41, 5.74) is 0.847. The van der Waals surface area contributed by atoms with Crippen molar-refractivity contribution in [3.63, 3.8) is 0 Å². The first-order valence-corrected chi connectivity index (χ1v) is 8.77. The summed E-state index contributed by atoms with van der Waals surface area (Å²) in [4.78, 5) is 0.910. The van der Waals surface area contributed by atoms with Crippen LogP contribution >= 0.6 is 35.1 Å². The summed E-state index contributed by atoms with van der Waals surface area (Å²) in [5, 5.41) is 0.512. The molecule has 0 fully saturated rings. The van der Waals surface area contributed by atoms with E-state index < -0.39 is 13.4 Å². The van der Waals surface area contributed by atoms with Crippen molar-refractivity contribution in [3.05, 3.63) is 40.4 Å². The van der Waals surface area contributed by atoms with E-state index >= 15 is 0 Å². The Morgan fingerprint density at radius 3 is 2.20 bits per heavy atom. The zero-order valence-electron chi connectivity index (χ0n) is 11.9. The maximum absolute atomic E-state index is 12.5. The van der Waals surface area contributed by atoms with Gasteiger partial charge in [-0.3, -0.25) is 4.57 Å². The van der Waals surface area contributed by atoms with E-state index in [1.807, 2.05) is 38.4 Å². The molecule has 0 heterocycles. The average Bonchev–Trinajstić information content (AvgIpc) is 2.44. The summed E-state index contributed by atoms with van der Waals surface area (Å²) in [6.07, 6.45) is 1.72. The number of hydrogen-bond donors (Lipinski definition) is 1. The topological polar surface area (TPSA) is 40.0 Å². The van der Waals surface area contributed by atoms with Gasteiger partial charge in [-0.05, 0) is 17.7 Å². The minimum atomic E-state index is -3.24. The Morgan fingerprint density at radius 2 is 1.80 bits per heavy atom. The van der Waals surface area contributed by atoms with E-state index in [1.165, 1.54) is 14.2 Å². The second-order valence-corrected chi connectivity index (χ2v) is 8.14. The number of rotatable bonds is 6. The summed E-state index contributed by atoms with van der Waals surface area (Å²) in [5.74, 6) is -0.478. The predicted molar refractivity (Wildman–Crippen MR) is 86.2 cm³/mol. The Bertz CT molecular complexity index is 511. The molecule has 1 rings (SSSR count). The quantitative estimate of drug-likeness (QED) is 0.768. The lowest BCUT2D eigenvalue weighted by Crippen LogP contribution is -3.09. The van der Waals surface area contributed by atoms with Crippen molar-refractivity contribution in [1.82, 2.24) is 0 Å². The van der Waals surface area contributed by atoms with Gasteiger partial charge in [0.25, 0.3) is 0 Å². The van der Waals surface area contributed by atoms with Crippen molar-refractivity contribution in [1.29, 1.82) is 0 Å². The summed E-state index contributed by atoms with van der Waals surface area (Å²) >= 11 is 9.69. The van der Waals surface area contributed by atoms with Crippen LogP contribution in [0.4, 0.5) is 0 Å². The van der Waals surface area contributed by atoms with Gasteiger partial charge >= 0.3 is 7.60 Å². The molecule has 1 atom stereocenters. The second-order valence-electron chi connectivity index (χ2n) is 4.45. The zero-order valence-corrected chi connectivity index (χ0v) is 15.1. The van der Waals surface area contributed by atoms with Gasteiger partial charge in [0, 0.05) is 24.8 Å². The summed E-state index contributed by atoms with van der Waals surface area (Å²) in [7, 11) is 3.26. The van der Waals surface area contributed by atoms with Crippen LogP contribution in [0.2, 0.25) is 0 Å². The highest BCUT2D eigenvalue weighted by atomic mass is 79.9. The van der Waals surface area contributed by atoms with Gasteiger partial charge in [-0.25, -0.2) is 0 Å². The fraction of sp³-hybridized carbons (Fsp3) is 0.385. The molecule has 7 heteroatoms. The number of hydrogen-bond acceptors (Lipinski definition) is 3. The Hall–Kier alpha value is -0.160. The predicted octanol–water partition coefficient (Wildman–Crippen LogP) is 2.99. The maximum atomic E-state index is 12.5. The first-order chi connectivity index (χ1) is 9.34. The molecule has 0 amide bonds. The molecule has 1 N–H and O–H groups in total. The minimum Gasteiger partial charge on any atom is -0.324 e. The SMILES string of the molecule is COP(=O)(OC)C(C=C(Cl)c1ccc(Br)cc1)[NH+](C)C. The van der Waals surface area contributed by atoms with E-state index in [0.717, 1.165) is 14.9 Å². The number of benzene rings is 1. The number of halogens is 2. The highest BCUT2D eigenvalue weighted by Gasteiger charge is 2.38. The third-order valence-corrected chi connectivity index (χ3v) is 6.10. The van der Waals surface area contributed by atoms with E-state index in [2.05, 4.69) is 15.9 Å². The molecule has 4 nitrogen and oxygen atoms in total. The number of quaternary nitrogens is 1. The molecule has 112 valence electrons. The van der Waals surface area contributed by atoms with Crippen LogP contribution < -0.4 is 4.90 Å². The fourth-order valence-corrected chi connectivity index (χ4v) is 3.89. The van der Waals surface area contributed by atoms with Crippen molar-refractivity contribution < 1.29 is 18.5 Å². The van der Waals surface area contributed by atoms with Gasteiger partial charge in [-0.1, -0.05) is 39.7 Å². The van der Waals surface area contributed by atoms with Crippen molar-refractivity contribution in [2.45, 2.75) is 5.78 Å². The maximum Gasteiger partial charge on any atom is 0.391 e. The molecule has 1 aromatic carbocycles. The van der Waals surface area contributed by atoms with Gasteiger partial charge in [-0.15, -0.1) is 0 Å². The van der Waals surface area contributed by atoms with E-state index in [0.29, 0.717) is 5.03 Å². The molecule has 1 aromatic rings.